The van der Waals surface area contributed by atoms with Gasteiger partial charge in [0.2, 0.25) is 11.7 Å². The van der Waals surface area contributed by atoms with E-state index in [1.807, 2.05) is 17.0 Å². The normalized spacial score (nSPS) is 22.2. The topological polar surface area (TPSA) is 60.9 Å². The van der Waals surface area contributed by atoms with Crippen molar-refractivity contribution in [2.45, 2.75) is 25.8 Å². The number of benzene rings is 2. The van der Waals surface area contributed by atoms with E-state index in [4.69, 9.17) is 0 Å². The lowest BCUT2D eigenvalue weighted by atomic mass is 9.90. The predicted octanol–water partition coefficient (Wildman–Crippen LogP) is 2.84. The molecule has 3 aliphatic rings. The van der Waals surface area contributed by atoms with Crippen LogP contribution in [0.1, 0.15) is 35.2 Å². The van der Waals surface area contributed by atoms with E-state index in [9.17, 15) is 14.4 Å². The third-order valence-electron chi connectivity index (χ3n) is 7.70. The van der Waals surface area contributed by atoms with E-state index in [2.05, 4.69) is 29.2 Å². The Bertz CT molecular complexity index is 1010. The fourth-order valence-electron chi connectivity index (χ4n) is 5.45. The standard InChI is InChI=1S/C27H31N3O3/c31-24(22-9-5-2-6-10-22)26(33)29-13-11-27(12-14-29)19-23(27)25(32)30-17-15-28(16-18-30)20-21-7-3-1-4-8-21/h1-10,23H,11-20H2/t23-/m1/s1. The Morgan fingerprint density at radius 1 is 0.758 bits per heavy atom. The molecule has 3 fully saturated rings. The van der Waals surface area contributed by atoms with E-state index in [1.54, 1.807) is 29.2 Å². The zero-order valence-corrected chi connectivity index (χ0v) is 19.0. The number of amides is 2. The number of Topliss-reactive ketones (excluding diaryl/α,β-unsaturated/α-hetero) is 1. The van der Waals surface area contributed by atoms with Crippen molar-refractivity contribution in [3.8, 4) is 0 Å². The highest BCUT2D eigenvalue weighted by molar-refractivity contribution is 6.42. The van der Waals surface area contributed by atoms with Crippen LogP contribution in [-0.4, -0.2) is 71.6 Å². The molecule has 6 heteroatoms. The number of nitrogens with zero attached hydrogens (tertiary/aromatic N) is 3. The second-order valence-electron chi connectivity index (χ2n) is 9.69. The number of ketones is 1. The van der Waals surface area contributed by atoms with Crippen LogP contribution >= 0.6 is 0 Å². The lowest BCUT2D eigenvalue weighted by Crippen LogP contribution is -2.49. The molecule has 2 aromatic carbocycles. The molecule has 0 aromatic heterocycles. The summed E-state index contributed by atoms with van der Waals surface area (Å²) < 4.78 is 0. The van der Waals surface area contributed by atoms with E-state index < -0.39 is 11.7 Å². The van der Waals surface area contributed by atoms with Crippen molar-refractivity contribution in [2.24, 2.45) is 11.3 Å². The summed E-state index contributed by atoms with van der Waals surface area (Å²) in [4.78, 5) is 44.4. The van der Waals surface area contributed by atoms with Crippen LogP contribution in [0.2, 0.25) is 0 Å². The van der Waals surface area contributed by atoms with Gasteiger partial charge in [-0.05, 0) is 30.2 Å². The molecule has 0 unspecified atom stereocenters. The third-order valence-corrected chi connectivity index (χ3v) is 7.70. The van der Waals surface area contributed by atoms with E-state index >= 15 is 0 Å². The molecule has 5 rings (SSSR count). The lowest BCUT2D eigenvalue weighted by molar-refractivity contribution is -0.135. The number of carbonyl (C=O) groups is 3. The number of rotatable bonds is 5. The molecule has 1 atom stereocenters. The van der Waals surface area contributed by atoms with Gasteiger partial charge in [0.1, 0.15) is 0 Å². The quantitative estimate of drug-likeness (QED) is 0.525. The molecule has 1 spiro atoms. The summed E-state index contributed by atoms with van der Waals surface area (Å²) in [5.41, 5.74) is 1.78. The molecule has 172 valence electrons. The first-order chi connectivity index (χ1) is 16.1. The van der Waals surface area contributed by atoms with Gasteiger partial charge in [-0.15, -0.1) is 0 Å². The molecule has 2 heterocycles. The van der Waals surface area contributed by atoms with Crippen LogP contribution in [0.4, 0.5) is 0 Å². The van der Waals surface area contributed by atoms with Gasteiger partial charge in [0.05, 0.1) is 0 Å². The molecule has 2 saturated heterocycles. The summed E-state index contributed by atoms with van der Waals surface area (Å²) in [5.74, 6) is -0.493. The summed E-state index contributed by atoms with van der Waals surface area (Å²) in [7, 11) is 0. The molecule has 33 heavy (non-hydrogen) atoms. The Hall–Kier alpha value is -2.99. The minimum absolute atomic E-state index is 0.0326. The first-order valence-corrected chi connectivity index (χ1v) is 12.0. The van der Waals surface area contributed by atoms with Gasteiger partial charge in [0.15, 0.2) is 0 Å². The molecule has 0 N–H and O–H groups in total. The molecular formula is C27H31N3O3. The molecule has 0 radical (unpaired) electrons. The average molecular weight is 446 g/mol. The van der Waals surface area contributed by atoms with E-state index in [1.165, 1.54) is 5.56 Å². The second-order valence-corrected chi connectivity index (χ2v) is 9.69. The SMILES string of the molecule is O=C(C(=O)N1CCC2(CC1)C[C@@H]2C(=O)N1CCN(Cc2ccccc2)CC1)c1ccccc1. The van der Waals surface area contributed by atoms with Gasteiger partial charge in [0, 0.05) is 57.3 Å². The number of carbonyl (C=O) groups excluding carboxylic acids is 3. The van der Waals surface area contributed by atoms with Gasteiger partial charge in [-0.2, -0.15) is 0 Å². The van der Waals surface area contributed by atoms with Gasteiger partial charge < -0.3 is 9.80 Å². The molecule has 2 amide bonds. The van der Waals surface area contributed by atoms with Crippen molar-refractivity contribution < 1.29 is 14.4 Å². The van der Waals surface area contributed by atoms with Crippen LogP contribution in [0.25, 0.3) is 0 Å². The number of hydrogen-bond donors (Lipinski definition) is 0. The molecule has 1 saturated carbocycles. The first-order valence-electron chi connectivity index (χ1n) is 12.0. The number of piperidine rings is 1. The number of likely N-dealkylation sites (tertiary alicyclic amines) is 1. The van der Waals surface area contributed by atoms with Crippen LogP contribution in [0, 0.1) is 11.3 Å². The molecular weight excluding hydrogens is 414 g/mol. The Labute approximate surface area is 195 Å². The average Bonchev–Trinajstić information content (AvgIpc) is 3.57. The minimum atomic E-state index is -0.441. The van der Waals surface area contributed by atoms with Crippen LogP contribution in [-0.2, 0) is 16.1 Å². The number of piperazine rings is 1. The van der Waals surface area contributed by atoms with Crippen molar-refractivity contribution in [1.29, 1.82) is 0 Å². The van der Waals surface area contributed by atoms with Crippen molar-refractivity contribution >= 4 is 17.6 Å². The predicted molar refractivity (Wildman–Crippen MR) is 125 cm³/mol. The summed E-state index contributed by atoms with van der Waals surface area (Å²) in [5, 5.41) is 0. The largest absolute Gasteiger partial charge is 0.340 e. The van der Waals surface area contributed by atoms with Crippen LogP contribution in [0.15, 0.2) is 60.7 Å². The van der Waals surface area contributed by atoms with E-state index in [-0.39, 0.29) is 17.2 Å². The smallest absolute Gasteiger partial charge is 0.294 e. The second kappa shape index (κ2) is 9.10. The van der Waals surface area contributed by atoms with E-state index in [0.717, 1.165) is 52.0 Å². The zero-order chi connectivity index (χ0) is 22.8. The maximum Gasteiger partial charge on any atom is 0.294 e. The van der Waals surface area contributed by atoms with Crippen molar-refractivity contribution in [3.05, 3.63) is 71.8 Å². The fraction of sp³-hybridized carbons (Fsp3) is 0.444. The third kappa shape index (κ3) is 4.58. The fourth-order valence-corrected chi connectivity index (χ4v) is 5.45. The molecule has 0 bridgehead atoms. The van der Waals surface area contributed by atoms with Crippen LogP contribution < -0.4 is 0 Å². The Morgan fingerprint density at radius 3 is 2.00 bits per heavy atom. The Kier molecular flexibility index (Phi) is 6.02. The maximum absolute atomic E-state index is 13.2. The molecule has 2 aromatic rings. The highest BCUT2D eigenvalue weighted by atomic mass is 16.2. The Balaban J connectivity index is 1.09. The molecule has 2 aliphatic heterocycles. The maximum atomic E-state index is 13.2. The highest BCUT2D eigenvalue weighted by Crippen LogP contribution is 2.60. The van der Waals surface area contributed by atoms with Crippen molar-refractivity contribution in [3.63, 3.8) is 0 Å². The molecule has 6 nitrogen and oxygen atoms in total. The highest BCUT2D eigenvalue weighted by Gasteiger charge is 2.59. The summed E-state index contributed by atoms with van der Waals surface area (Å²) in [6.45, 7) is 5.44. The van der Waals surface area contributed by atoms with Gasteiger partial charge >= 0.3 is 0 Å². The summed E-state index contributed by atoms with van der Waals surface area (Å²) in [6.07, 6.45) is 2.54. The lowest BCUT2D eigenvalue weighted by Gasteiger charge is -2.36. The summed E-state index contributed by atoms with van der Waals surface area (Å²) >= 11 is 0. The van der Waals surface area contributed by atoms with E-state index in [0.29, 0.717) is 18.7 Å². The number of hydrogen-bond acceptors (Lipinski definition) is 4. The van der Waals surface area contributed by atoms with Crippen LogP contribution in [0.5, 0.6) is 0 Å². The van der Waals surface area contributed by atoms with Crippen molar-refractivity contribution in [1.82, 2.24) is 14.7 Å². The van der Waals surface area contributed by atoms with Crippen LogP contribution in [0.3, 0.4) is 0 Å². The van der Waals surface area contributed by atoms with Gasteiger partial charge in [-0.1, -0.05) is 60.7 Å². The van der Waals surface area contributed by atoms with Gasteiger partial charge in [-0.25, -0.2) is 0 Å². The first kappa shape index (κ1) is 21.8. The zero-order valence-electron chi connectivity index (χ0n) is 19.0. The monoisotopic (exact) mass is 445 g/mol. The molecule has 1 aliphatic carbocycles. The van der Waals surface area contributed by atoms with Gasteiger partial charge in [0.25, 0.3) is 5.91 Å². The van der Waals surface area contributed by atoms with Gasteiger partial charge in [-0.3, -0.25) is 19.3 Å². The summed E-state index contributed by atoms with van der Waals surface area (Å²) in [6, 6.07) is 19.2. The minimum Gasteiger partial charge on any atom is -0.340 e. The Morgan fingerprint density at radius 2 is 1.36 bits per heavy atom. The van der Waals surface area contributed by atoms with Crippen molar-refractivity contribution in [2.75, 3.05) is 39.3 Å².